The van der Waals surface area contributed by atoms with E-state index in [1.807, 2.05) is 12.1 Å². The number of nitrogens with zero attached hydrogens (tertiary/aromatic N) is 2. The SMILES string of the molecule is COc1cc(OC)c(OC)cc1CNC(=O)CCn1ncc(=O)c2ccccc21. The maximum atomic E-state index is 12.4. The fourth-order valence-corrected chi connectivity index (χ4v) is 3.06. The third kappa shape index (κ3) is 4.48. The molecule has 3 aromatic rings. The van der Waals surface area contributed by atoms with E-state index in [0.29, 0.717) is 34.7 Å². The zero-order valence-electron chi connectivity index (χ0n) is 16.6. The van der Waals surface area contributed by atoms with Gasteiger partial charge in [-0.2, -0.15) is 5.10 Å². The van der Waals surface area contributed by atoms with Crippen molar-refractivity contribution in [1.29, 1.82) is 0 Å². The Morgan fingerprint density at radius 3 is 2.45 bits per heavy atom. The summed E-state index contributed by atoms with van der Waals surface area (Å²) in [6.07, 6.45) is 1.49. The Morgan fingerprint density at radius 2 is 1.72 bits per heavy atom. The second-order valence-corrected chi connectivity index (χ2v) is 6.29. The number of methoxy groups -OCH3 is 3. The van der Waals surface area contributed by atoms with Crippen LogP contribution in [-0.4, -0.2) is 37.0 Å². The molecule has 8 heteroatoms. The van der Waals surface area contributed by atoms with Crippen molar-refractivity contribution >= 4 is 16.8 Å². The number of para-hydroxylation sites is 1. The minimum Gasteiger partial charge on any atom is -0.496 e. The molecule has 1 N–H and O–H groups in total. The maximum Gasteiger partial charge on any atom is 0.222 e. The van der Waals surface area contributed by atoms with Crippen molar-refractivity contribution in [3.05, 3.63) is 58.4 Å². The summed E-state index contributed by atoms with van der Waals surface area (Å²) in [5.74, 6) is 1.56. The molecule has 0 unspecified atom stereocenters. The first-order valence-corrected chi connectivity index (χ1v) is 9.07. The molecule has 0 saturated heterocycles. The molecule has 0 spiro atoms. The van der Waals surface area contributed by atoms with Gasteiger partial charge >= 0.3 is 0 Å². The van der Waals surface area contributed by atoms with Crippen LogP contribution in [0.5, 0.6) is 17.2 Å². The van der Waals surface area contributed by atoms with E-state index in [1.165, 1.54) is 6.20 Å². The molecule has 2 aromatic carbocycles. The zero-order valence-corrected chi connectivity index (χ0v) is 16.6. The first-order valence-electron chi connectivity index (χ1n) is 9.07. The molecule has 1 amide bonds. The lowest BCUT2D eigenvalue weighted by Crippen LogP contribution is -2.25. The minimum atomic E-state index is -0.147. The molecule has 0 radical (unpaired) electrons. The number of nitrogens with one attached hydrogen (secondary N) is 1. The van der Waals surface area contributed by atoms with Crippen LogP contribution in [0.4, 0.5) is 0 Å². The quantitative estimate of drug-likeness (QED) is 0.626. The molecule has 152 valence electrons. The molecule has 0 saturated carbocycles. The van der Waals surface area contributed by atoms with Gasteiger partial charge in [0.1, 0.15) is 5.75 Å². The van der Waals surface area contributed by atoms with Crippen molar-refractivity contribution in [3.63, 3.8) is 0 Å². The average molecular weight is 397 g/mol. The minimum absolute atomic E-state index is 0.137. The number of aryl methyl sites for hydroxylation is 1. The highest BCUT2D eigenvalue weighted by atomic mass is 16.5. The molecule has 0 aliphatic carbocycles. The van der Waals surface area contributed by atoms with Crippen LogP contribution in [0.1, 0.15) is 12.0 Å². The fourth-order valence-electron chi connectivity index (χ4n) is 3.06. The van der Waals surface area contributed by atoms with Crippen LogP contribution in [0.3, 0.4) is 0 Å². The smallest absolute Gasteiger partial charge is 0.222 e. The summed E-state index contributed by atoms with van der Waals surface area (Å²) in [6, 6.07) is 10.7. The van der Waals surface area contributed by atoms with Crippen LogP contribution in [0.25, 0.3) is 10.9 Å². The van der Waals surface area contributed by atoms with E-state index in [2.05, 4.69) is 10.4 Å². The second kappa shape index (κ2) is 9.09. The molecule has 3 rings (SSSR count). The fraction of sp³-hybridized carbons (Fsp3) is 0.286. The van der Waals surface area contributed by atoms with Crippen LogP contribution < -0.4 is 25.0 Å². The first kappa shape index (κ1) is 20.2. The number of carbonyl (C=O) groups excluding carboxylic acids is 1. The molecule has 0 atom stereocenters. The summed E-state index contributed by atoms with van der Waals surface area (Å²) < 4.78 is 17.6. The normalized spacial score (nSPS) is 10.6. The summed E-state index contributed by atoms with van der Waals surface area (Å²) in [7, 11) is 4.65. The summed E-state index contributed by atoms with van der Waals surface area (Å²) >= 11 is 0. The number of ether oxygens (including phenoxy) is 3. The molecule has 29 heavy (non-hydrogen) atoms. The average Bonchev–Trinajstić information content (AvgIpc) is 2.76. The van der Waals surface area contributed by atoms with Gasteiger partial charge in [-0.25, -0.2) is 0 Å². The highest BCUT2D eigenvalue weighted by molar-refractivity contribution is 5.79. The lowest BCUT2D eigenvalue weighted by Gasteiger charge is -2.15. The number of hydrogen-bond donors (Lipinski definition) is 1. The Hall–Kier alpha value is -3.55. The highest BCUT2D eigenvalue weighted by Gasteiger charge is 2.13. The van der Waals surface area contributed by atoms with Gasteiger partial charge in [-0.3, -0.25) is 14.3 Å². The van der Waals surface area contributed by atoms with Gasteiger partial charge in [0.05, 0.1) is 39.6 Å². The van der Waals surface area contributed by atoms with E-state index in [4.69, 9.17) is 14.2 Å². The number of hydrogen-bond acceptors (Lipinski definition) is 6. The molecule has 0 fully saturated rings. The Morgan fingerprint density at radius 1 is 1.03 bits per heavy atom. The van der Waals surface area contributed by atoms with E-state index in [-0.39, 0.29) is 24.3 Å². The van der Waals surface area contributed by atoms with E-state index >= 15 is 0 Å². The van der Waals surface area contributed by atoms with Crippen molar-refractivity contribution in [2.75, 3.05) is 21.3 Å². The first-order chi connectivity index (χ1) is 14.1. The molecule has 8 nitrogen and oxygen atoms in total. The summed E-state index contributed by atoms with van der Waals surface area (Å²) in [6.45, 7) is 0.635. The molecule has 1 heterocycles. The standard InChI is InChI=1S/C21H23N3O5/c1-27-18-11-20(29-3)19(28-2)10-14(18)12-22-21(26)8-9-24-16-7-5-4-6-15(16)17(25)13-23-24/h4-7,10-11,13H,8-9,12H2,1-3H3,(H,22,26). The summed E-state index contributed by atoms with van der Waals surface area (Å²) in [4.78, 5) is 24.3. The zero-order chi connectivity index (χ0) is 20.8. The predicted octanol–water partition coefficient (Wildman–Crippen LogP) is 2.13. The van der Waals surface area contributed by atoms with Gasteiger partial charge in [-0.15, -0.1) is 0 Å². The van der Waals surface area contributed by atoms with Gasteiger partial charge in [0.15, 0.2) is 11.5 Å². The number of carbonyl (C=O) groups is 1. The van der Waals surface area contributed by atoms with E-state index in [9.17, 15) is 9.59 Å². The van der Waals surface area contributed by atoms with Gasteiger partial charge < -0.3 is 19.5 Å². The van der Waals surface area contributed by atoms with E-state index in [0.717, 1.165) is 5.56 Å². The van der Waals surface area contributed by atoms with E-state index < -0.39 is 0 Å². The largest absolute Gasteiger partial charge is 0.496 e. The summed E-state index contributed by atoms with van der Waals surface area (Å²) in [5.41, 5.74) is 1.33. The van der Waals surface area contributed by atoms with Crippen LogP contribution in [-0.2, 0) is 17.9 Å². The number of benzene rings is 2. The van der Waals surface area contributed by atoms with Gasteiger partial charge in [0, 0.05) is 30.0 Å². The van der Waals surface area contributed by atoms with Crippen LogP contribution in [0.2, 0.25) is 0 Å². The second-order valence-electron chi connectivity index (χ2n) is 6.29. The van der Waals surface area contributed by atoms with Crippen molar-refractivity contribution in [3.8, 4) is 17.2 Å². The highest BCUT2D eigenvalue weighted by Crippen LogP contribution is 2.34. The van der Waals surface area contributed by atoms with Crippen LogP contribution >= 0.6 is 0 Å². The van der Waals surface area contributed by atoms with Gasteiger partial charge in [-0.1, -0.05) is 12.1 Å². The Balaban J connectivity index is 1.67. The number of fused-ring (bicyclic) bond motifs is 1. The molecule has 0 aliphatic rings. The molecular weight excluding hydrogens is 374 g/mol. The molecule has 0 bridgehead atoms. The van der Waals surface area contributed by atoms with Crippen molar-refractivity contribution in [2.24, 2.45) is 0 Å². The molecule has 0 aliphatic heterocycles. The topological polar surface area (TPSA) is 91.7 Å². The monoisotopic (exact) mass is 397 g/mol. The van der Waals surface area contributed by atoms with Crippen molar-refractivity contribution in [2.45, 2.75) is 19.5 Å². The number of amides is 1. The Kier molecular flexibility index (Phi) is 6.33. The number of aromatic nitrogens is 2. The lowest BCUT2D eigenvalue weighted by molar-refractivity contribution is -0.121. The van der Waals surface area contributed by atoms with Crippen LogP contribution in [0.15, 0.2) is 47.4 Å². The van der Waals surface area contributed by atoms with Gasteiger partial charge in [0.2, 0.25) is 11.3 Å². The van der Waals surface area contributed by atoms with Crippen molar-refractivity contribution < 1.29 is 19.0 Å². The molecule has 1 aromatic heterocycles. The van der Waals surface area contributed by atoms with Crippen molar-refractivity contribution in [1.82, 2.24) is 15.1 Å². The summed E-state index contributed by atoms with van der Waals surface area (Å²) in [5, 5.41) is 7.60. The van der Waals surface area contributed by atoms with Gasteiger partial charge in [-0.05, 0) is 18.2 Å². The predicted molar refractivity (Wildman–Crippen MR) is 109 cm³/mol. The lowest BCUT2D eigenvalue weighted by atomic mass is 10.1. The molecular formula is C21H23N3O5. The van der Waals surface area contributed by atoms with E-state index in [1.54, 1.807) is 50.3 Å². The third-order valence-corrected chi connectivity index (χ3v) is 4.58. The van der Waals surface area contributed by atoms with Gasteiger partial charge in [0.25, 0.3) is 0 Å². The maximum absolute atomic E-state index is 12.4. The Labute approximate surface area is 168 Å². The Bertz CT molecular complexity index is 1080. The van der Waals surface area contributed by atoms with Crippen LogP contribution in [0, 0.1) is 0 Å². The third-order valence-electron chi connectivity index (χ3n) is 4.58. The number of rotatable bonds is 8.